The number of hydrogen-bond donors (Lipinski definition) is 7. The van der Waals surface area contributed by atoms with Gasteiger partial charge >= 0.3 is 0 Å². The quantitative estimate of drug-likeness (QED) is 0.0227. The van der Waals surface area contributed by atoms with Gasteiger partial charge < -0.3 is 29.6 Å². The number of carboxylic acids is 1. The van der Waals surface area contributed by atoms with E-state index in [-0.39, 0.29) is 55.8 Å². The number of rotatable bonds is 7. The van der Waals surface area contributed by atoms with E-state index in [1.54, 1.807) is 0 Å². The number of pyridine rings is 2. The second-order valence-corrected chi connectivity index (χ2v) is 12.1. The molecule has 0 aliphatic rings. The number of nitrogens with two attached hydrogens (primary N) is 1. The first-order valence-corrected chi connectivity index (χ1v) is 15.5. The van der Waals surface area contributed by atoms with Crippen molar-refractivity contribution in [2.45, 2.75) is 16.7 Å². The zero-order chi connectivity index (χ0) is 34.7. The Morgan fingerprint density at radius 1 is 0.938 bits per heavy atom. The fourth-order valence-electron chi connectivity index (χ4n) is 4.12. The minimum Gasteiger partial charge on any atom is -0.505 e. The molecule has 0 saturated heterocycles. The molecule has 22 heteroatoms. The Hall–Kier alpha value is -5.19. The monoisotopic (exact) mass is 749 g/mol. The molecule has 5 aromatic rings. The van der Waals surface area contributed by atoms with Crippen molar-refractivity contribution >= 4 is 82.8 Å². The van der Waals surface area contributed by atoms with Crippen LogP contribution in [0.2, 0.25) is 0 Å². The molecule has 2 heterocycles. The van der Waals surface area contributed by atoms with Crippen LogP contribution in [0.1, 0.15) is 6.92 Å². The van der Waals surface area contributed by atoms with Gasteiger partial charge in [-0.05, 0) is 47.9 Å². The maximum absolute atomic E-state index is 12.4. The number of non-ortho nitro benzene ring substituents is 1. The molecule has 0 aliphatic heterocycles. The van der Waals surface area contributed by atoms with Crippen LogP contribution in [-0.4, -0.2) is 57.7 Å². The number of benzene rings is 3. The van der Waals surface area contributed by atoms with Crippen molar-refractivity contribution in [2.75, 3.05) is 5.73 Å². The van der Waals surface area contributed by atoms with Crippen LogP contribution in [0, 0.1) is 10.1 Å². The molecule has 0 spiro atoms. The number of aliphatic carboxylic acids is 1. The van der Waals surface area contributed by atoms with Crippen molar-refractivity contribution in [1.82, 2.24) is 9.97 Å². The molecule has 255 valence electrons. The Morgan fingerprint density at radius 3 is 2.15 bits per heavy atom. The number of carbonyl (C=O) groups is 1. The molecular formula is C26H22CuN8O11S2. The molecule has 0 bridgehead atoms. The summed E-state index contributed by atoms with van der Waals surface area (Å²) >= 11 is 0. The van der Waals surface area contributed by atoms with Gasteiger partial charge in [-0.2, -0.15) is 8.42 Å². The van der Waals surface area contributed by atoms with Crippen LogP contribution >= 0.6 is 10.9 Å². The first-order valence-electron chi connectivity index (χ1n) is 12.6. The van der Waals surface area contributed by atoms with Gasteiger partial charge in [0.05, 0.1) is 32.5 Å². The molecule has 0 fully saturated rings. The van der Waals surface area contributed by atoms with Crippen LogP contribution in [0.25, 0.3) is 21.7 Å². The molecule has 5 rings (SSSR count). The number of carboxylic acid groups (broad SMARTS) is 1. The topological polar surface area (TPSA) is 317 Å². The summed E-state index contributed by atoms with van der Waals surface area (Å²) in [5.41, 5.74) is 4.35. The van der Waals surface area contributed by atoms with Gasteiger partial charge in [-0.3, -0.25) is 29.4 Å². The standard InChI is InChI=1S/C24H18N8O9S2.C2H4O2.Cu/c25-20-19-12(10-18(43(39,40)41)23(24(19)33)31-28-13-3-1-7-26-11-13)9-17(42(36,37)38)22(20)30-29-15-5-6-16(32(34)35)14-4-2-8-27-21(14)15;1-2(3)4;/h1-11,33,39-41H,25H2,(H,36,37,38);1H3,(H,3,4);. The summed E-state index contributed by atoms with van der Waals surface area (Å²) in [6.07, 6.45) is 4.11. The molecule has 0 atom stereocenters. The summed E-state index contributed by atoms with van der Waals surface area (Å²) < 4.78 is 64.8. The van der Waals surface area contributed by atoms with E-state index in [1.807, 2.05) is 0 Å². The minimum atomic E-state index is -5.08. The second-order valence-electron chi connectivity index (χ2n) is 9.19. The number of fused-ring (bicyclic) bond motifs is 2. The SMILES string of the molecule is CC(=O)O.Nc1c(N=Nc2ccc([N+](=O)[O-])c3cccnc23)c(S(=O)(=O)O)cc2cc(S(O)(O)O)c(N=Nc3cccnc3)c(O)c12.[Cu]. The predicted octanol–water partition coefficient (Wildman–Crippen LogP) is 6.73. The maximum atomic E-state index is 12.4. The molecule has 19 nitrogen and oxygen atoms in total. The van der Waals surface area contributed by atoms with Crippen LogP contribution in [0.5, 0.6) is 5.75 Å². The zero-order valence-corrected chi connectivity index (χ0v) is 26.5. The van der Waals surface area contributed by atoms with E-state index in [9.17, 15) is 41.8 Å². The van der Waals surface area contributed by atoms with Crippen molar-refractivity contribution in [3.8, 4) is 5.75 Å². The van der Waals surface area contributed by atoms with Gasteiger partial charge in [0, 0.05) is 42.5 Å². The number of nitrogens with zero attached hydrogens (tertiary/aromatic N) is 7. The van der Waals surface area contributed by atoms with Crippen molar-refractivity contribution in [3.05, 3.63) is 77.2 Å². The molecule has 0 aliphatic carbocycles. The number of nitro benzene ring substituents is 1. The molecule has 2 aromatic heterocycles. The van der Waals surface area contributed by atoms with Gasteiger partial charge in [0.15, 0.2) is 5.75 Å². The van der Waals surface area contributed by atoms with Gasteiger partial charge in [0.1, 0.15) is 44.0 Å². The van der Waals surface area contributed by atoms with E-state index in [0.717, 1.165) is 25.1 Å². The first kappa shape index (κ1) is 37.3. The molecule has 0 amide bonds. The number of hydrogen-bond acceptors (Lipinski definition) is 16. The Labute approximate surface area is 281 Å². The first-order chi connectivity index (χ1) is 22.0. The smallest absolute Gasteiger partial charge is 0.300 e. The van der Waals surface area contributed by atoms with Crippen molar-refractivity contribution in [2.24, 2.45) is 20.5 Å². The summed E-state index contributed by atoms with van der Waals surface area (Å²) in [4.78, 5) is 26.1. The van der Waals surface area contributed by atoms with E-state index in [4.69, 9.17) is 15.6 Å². The van der Waals surface area contributed by atoms with Crippen molar-refractivity contribution < 1.29 is 63.6 Å². The van der Waals surface area contributed by atoms with Gasteiger partial charge in [-0.15, -0.1) is 20.5 Å². The van der Waals surface area contributed by atoms with Crippen LogP contribution < -0.4 is 5.73 Å². The van der Waals surface area contributed by atoms with Gasteiger partial charge in [0.2, 0.25) is 0 Å². The summed E-state index contributed by atoms with van der Waals surface area (Å²) in [6.45, 7) is 1.08. The van der Waals surface area contributed by atoms with E-state index in [2.05, 4.69) is 30.4 Å². The zero-order valence-electron chi connectivity index (χ0n) is 23.9. The van der Waals surface area contributed by atoms with Crippen LogP contribution in [0.3, 0.4) is 0 Å². The molecule has 0 saturated carbocycles. The number of azo groups is 2. The van der Waals surface area contributed by atoms with E-state index >= 15 is 0 Å². The van der Waals surface area contributed by atoms with E-state index < -0.39 is 64.5 Å². The molecule has 48 heavy (non-hydrogen) atoms. The predicted molar refractivity (Wildman–Crippen MR) is 168 cm³/mol. The van der Waals surface area contributed by atoms with Crippen molar-refractivity contribution in [3.63, 3.8) is 0 Å². The number of aromatic nitrogens is 2. The normalized spacial score (nSPS) is 12.1. The van der Waals surface area contributed by atoms with Crippen molar-refractivity contribution in [1.29, 1.82) is 0 Å². The average Bonchev–Trinajstić information content (AvgIpc) is 2.98. The third-order valence-corrected chi connectivity index (χ3v) is 7.75. The third kappa shape index (κ3) is 8.20. The molecule has 1 radical (unpaired) electrons. The van der Waals surface area contributed by atoms with E-state index in [1.165, 1.54) is 48.9 Å². The minimum absolute atomic E-state index is 0. The fourth-order valence-corrected chi connectivity index (χ4v) is 5.48. The van der Waals surface area contributed by atoms with Gasteiger partial charge in [0.25, 0.3) is 21.8 Å². The molecule has 0 unspecified atom stereocenters. The Balaban J connectivity index is 0.00000118. The molecular weight excluding hydrogens is 728 g/mol. The largest absolute Gasteiger partial charge is 0.505 e. The molecule has 8 N–H and O–H groups in total. The molecule has 3 aromatic carbocycles. The number of nitrogen functional groups attached to an aromatic ring is 1. The van der Waals surface area contributed by atoms with Gasteiger partial charge in [-0.1, -0.05) is 0 Å². The van der Waals surface area contributed by atoms with Gasteiger partial charge in [-0.25, -0.2) is 0 Å². The fraction of sp³-hybridized carbons (Fsp3) is 0.0385. The maximum Gasteiger partial charge on any atom is 0.300 e. The van der Waals surface area contributed by atoms with Crippen LogP contribution in [0.15, 0.2) is 97.4 Å². The number of aromatic hydroxyl groups is 1. The van der Waals surface area contributed by atoms with Crippen LogP contribution in [0.4, 0.5) is 34.1 Å². The van der Waals surface area contributed by atoms with E-state index in [0.29, 0.717) is 0 Å². The Morgan fingerprint density at radius 2 is 1.56 bits per heavy atom. The average molecular weight is 750 g/mol. The number of anilines is 1. The third-order valence-electron chi connectivity index (χ3n) is 5.98. The Bertz CT molecular complexity index is 2210. The second kappa shape index (κ2) is 14.7. The summed E-state index contributed by atoms with van der Waals surface area (Å²) in [7, 11) is -9.66. The van der Waals surface area contributed by atoms with Crippen LogP contribution in [-0.2, 0) is 32.0 Å². The number of nitro groups is 1. The number of phenolic OH excluding ortho intramolecular Hbond substituents is 1. The summed E-state index contributed by atoms with van der Waals surface area (Å²) in [5, 5.41) is 45.1. The summed E-state index contributed by atoms with van der Waals surface area (Å²) in [6, 6.07) is 9.98. The Kier molecular flexibility index (Phi) is 11.4. The number of phenols is 1. The summed E-state index contributed by atoms with van der Waals surface area (Å²) in [5.74, 6) is -1.69.